The fraction of sp³-hybridized carbons (Fsp3) is 0.500. The fourth-order valence-electron chi connectivity index (χ4n) is 2.99. The third-order valence-corrected chi connectivity index (χ3v) is 4.21. The van der Waals surface area contributed by atoms with Crippen molar-refractivity contribution in [1.29, 1.82) is 0 Å². The van der Waals surface area contributed by atoms with Crippen LogP contribution in [0.1, 0.15) is 33.4 Å². The minimum atomic E-state index is -0.428. The Morgan fingerprint density at radius 1 is 1.17 bits per heavy atom. The van der Waals surface area contributed by atoms with Crippen LogP contribution in [-0.2, 0) is 30.8 Å². The fourth-order valence-corrected chi connectivity index (χ4v) is 2.99. The lowest BCUT2D eigenvalue weighted by Gasteiger charge is -2.20. The molecule has 0 fully saturated rings. The molecule has 0 aliphatic rings. The Morgan fingerprint density at radius 2 is 1.79 bits per heavy atom. The number of fused-ring (bicyclic) bond motifs is 3. The van der Waals surface area contributed by atoms with Crippen molar-refractivity contribution in [2.24, 2.45) is 14.1 Å². The van der Waals surface area contributed by atoms with Gasteiger partial charge >= 0.3 is 5.69 Å². The summed E-state index contributed by atoms with van der Waals surface area (Å²) in [5.41, 5.74) is 0.494. The number of aromatic nitrogens is 5. The molecule has 0 atom stereocenters. The molecule has 128 valence electrons. The first-order chi connectivity index (χ1) is 11.0. The van der Waals surface area contributed by atoms with Crippen LogP contribution in [0.3, 0.4) is 0 Å². The van der Waals surface area contributed by atoms with Crippen LogP contribution in [0.4, 0.5) is 0 Å². The highest BCUT2D eigenvalue weighted by Gasteiger charge is 2.26. The first kappa shape index (κ1) is 16.2. The number of carbonyl (C=O) groups is 1. The number of aryl methyl sites for hydroxylation is 1. The molecule has 3 rings (SSSR count). The summed E-state index contributed by atoms with van der Waals surface area (Å²) < 4.78 is 5.90. The van der Waals surface area contributed by atoms with E-state index in [0.29, 0.717) is 16.9 Å². The van der Waals surface area contributed by atoms with E-state index in [-0.39, 0.29) is 17.7 Å². The first-order valence-electron chi connectivity index (χ1n) is 7.71. The number of rotatable bonds is 2. The Kier molecular flexibility index (Phi) is 3.33. The van der Waals surface area contributed by atoms with Crippen molar-refractivity contribution in [3.05, 3.63) is 32.7 Å². The SMILES string of the molecule is CC(=O)Cn1c(C(C)(C)C)cn2c3c(=O)n(C)c(=O)n(C)c3nc12. The van der Waals surface area contributed by atoms with Crippen LogP contribution in [0.25, 0.3) is 16.9 Å². The van der Waals surface area contributed by atoms with E-state index < -0.39 is 11.2 Å². The van der Waals surface area contributed by atoms with Crippen molar-refractivity contribution in [2.45, 2.75) is 39.7 Å². The van der Waals surface area contributed by atoms with Crippen LogP contribution < -0.4 is 11.2 Å². The van der Waals surface area contributed by atoms with Crippen molar-refractivity contribution in [3.8, 4) is 0 Å². The van der Waals surface area contributed by atoms with Crippen LogP contribution in [0.15, 0.2) is 15.8 Å². The van der Waals surface area contributed by atoms with Gasteiger partial charge in [0.25, 0.3) is 5.56 Å². The van der Waals surface area contributed by atoms with Crippen molar-refractivity contribution in [1.82, 2.24) is 23.1 Å². The predicted octanol–water partition coefficient (Wildman–Crippen LogP) is 0.573. The lowest BCUT2D eigenvalue weighted by molar-refractivity contribution is -0.117. The molecule has 0 aromatic carbocycles. The summed E-state index contributed by atoms with van der Waals surface area (Å²) in [6, 6.07) is 0. The molecule has 0 radical (unpaired) electrons. The zero-order valence-electron chi connectivity index (χ0n) is 14.7. The zero-order chi connectivity index (χ0) is 18.0. The number of hydrogen-bond acceptors (Lipinski definition) is 4. The molecule has 0 amide bonds. The van der Waals surface area contributed by atoms with E-state index in [1.807, 2.05) is 31.5 Å². The van der Waals surface area contributed by atoms with Gasteiger partial charge in [-0.15, -0.1) is 0 Å². The van der Waals surface area contributed by atoms with E-state index in [9.17, 15) is 14.4 Å². The van der Waals surface area contributed by atoms with E-state index in [1.54, 1.807) is 11.4 Å². The predicted molar refractivity (Wildman–Crippen MR) is 90.6 cm³/mol. The Hall–Kier alpha value is -2.64. The minimum Gasteiger partial charge on any atom is -0.306 e. The van der Waals surface area contributed by atoms with Crippen molar-refractivity contribution < 1.29 is 4.79 Å². The van der Waals surface area contributed by atoms with Crippen molar-refractivity contribution in [3.63, 3.8) is 0 Å². The highest BCUT2D eigenvalue weighted by atomic mass is 16.2. The maximum absolute atomic E-state index is 12.6. The summed E-state index contributed by atoms with van der Waals surface area (Å²) in [7, 11) is 3.03. The van der Waals surface area contributed by atoms with Gasteiger partial charge < -0.3 is 4.57 Å². The second-order valence-electron chi connectivity index (χ2n) is 7.21. The summed E-state index contributed by atoms with van der Waals surface area (Å²) in [5, 5.41) is 0. The van der Waals surface area contributed by atoms with Gasteiger partial charge in [0.2, 0.25) is 5.78 Å². The average Bonchev–Trinajstić information content (AvgIpc) is 2.99. The molecule has 3 aromatic heterocycles. The van der Waals surface area contributed by atoms with Gasteiger partial charge in [0.05, 0.1) is 6.54 Å². The summed E-state index contributed by atoms with van der Waals surface area (Å²) in [4.78, 5) is 40.9. The molecule has 0 aliphatic heterocycles. The molecule has 0 spiro atoms. The van der Waals surface area contributed by atoms with Crippen LogP contribution in [0, 0.1) is 0 Å². The van der Waals surface area contributed by atoms with E-state index in [4.69, 9.17) is 0 Å². The highest BCUT2D eigenvalue weighted by molar-refractivity contribution is 5.79. The van der Waals surface area contributed by atoms with E-state index in [2.05, 4.69) is 4.98 Å². The second-order valence-corrected chi connectivity index (χ2v) is 7.21. The Balaban J connectivity index is 2.55. The molecule has 8 nitrogen and oxygen atoms in total. The molecular formula is C16H21N5O3. The Morgan fingerprint density at radius 3 is 2.33 bits per heavy atom. The molecule has 8 heteroatoms. The lowest BCUT2D eigenvalue weighted by atomic mass is 9.92. The largest absolute Gasteiger partial charge is 0.332 e. The zero-order valence-corrected chi connectivity index (χ0v) is 14.7. The molecule has 24 heavy (non-hydrogen) atoms. The Labute approximate surface area is 137 Å². The van der Waals surface area contributed by atoms with Gasteiger partial charge in [-0.1, -0.05) is 20.8 Å². The maximum Gasteiger partial charge on any atom is 0.332 e. The molecule has 0 unspecified atom stereocenters. The molecule has 3 heterocycles. The standard InChI is InChI=1S/C16H21N5O3/c1-9(22)7-20-10(16(2,3)4)8-21-11-12(17-14(20)21)18(5)15(24)19(6)13(11)23/h8H,7H2,1-6H3. The molecule has 0 aliphatic carbocycles. The van der Waals surface area contributed by atoms with Crippen LogP contribution in [-0.4, -0.2) is 28.9 Å². The van der Waals surface area contributed by atoms with Crippen molar-refractivity contribution in [2.75, 3.05) is 0 Å². The number of imidazole rings is 2. The van der Waals surface area contributed by atoms with Gasteiger partial charge in [0.1, 0.15) is 5.78 Å². The first-order valence-corrected chi connectivity index (χ1v) is 7.71. The minimum absolute atomic E-state index is 0.00699. The second kappa shape index (κ2) is 4.93. The van der Waals surface area contributed by atoms with E-state index >= 15 is 0 Å². The summed E-state index contributed by atoms with van der Waals surface area (Å²) in [5.74, 6) is 0.482. The van der Waals surface area contributed by atoms with E-state index in [0.717, 1.165) is 10.3 Å². The van der Waals surface area contributed by atoms with Gasteiger partial charge in [-0.2, -0.15) is 4.98 Å². The van der Waals surface area contributed by atoms with Gasteiger partial charge in [0.15, 0.2) is 11.2 Å². The summed E-state index contributed by atoms with van der Waals surface area (Å²) in [6.45, 7) is 7.79. The molecule has 0 saturated heterocycles. The number of Topliss-reactive ketones (excluding diaryl/α,β-unsaturated/α-hetero) is 1. The molecule has 3 aromatic rings. The third kappa shape index (κ3) is 2.13. The quantitative estimate of drug-likeness (QED) is 0.687. The normalized spacial score (nSPS) is 12.4. The number of hydrogen-bond donors (Lipinski definition) is 0. The summed E-state index contributed by atoms with van der Waals surface area (Å²) >= 11 is 0. The number of carbonyl (C=O) groups excluding carboxylic acids is 1. The lowest BCUT2D eigenvalue weighted by Crippen LogP contribution is -2.37. The smallest absolute Gasteiger partial charge is 0.306 e. The molecule has 0 bridgehead atoms. The van der Waals surface area contributed by atoms with Gasteiger partial charge in [0, 0.05) is 31.4 Å². The average molecular weight is 331 g/mol. The maximum atomic E-state index is 12.6. The number of ketones is 1. The Bertz CT molecular complexity index is 1100. The topological polar surface area (TPSA) is 83.3 Å². The van der Waals surface area contributed by atoms with Crippen LogP contribution >= 0.6 is 0 Å². The molecule has 0 N–H and O–H groups in total. The van der Waals surface area contributed by atoms with Crippen molar-refractivity contribution >= 4 is 22.7 Å². The van der Waals surface area contributed by atoms with E-state index in [1.165, 1.54) is 18.5 Å². The van der Waals surface area contributed by atoms with Crippen LogP contribution in [0.2, 0.25) is 0 Å². The molecular weight excluding hydrogens is 310 g/mol. The van der Waals surface area contributed by atoms with Gasteiger partial charge in [-0.05, 0) is 6.92 Å². The molecule has 0 saturated carbocycles. The summed E-state index contributed by atoms with van der Waals surface area (Å²) in [6.07, 6.45) is 1.83. The number of nitrogens with zero attached hydrogens (tertiary/aromatic N) is 5. The van der Waals surface area contributed by atoms with Gasteiger partial charge in [-0.3, -0.25) is 23.1 Å². The van der Waals surface area contributed by atoms with Crippen LogP contribution in [0.5, 0.6) is 0 Å². The highest BCUT2D eigenvalue weighted by Crippen LogP contribution is 2.26. The monoisotopic (exact) mass is 331 g/mol. The van der Waals surface area contributed by atoms with Gasteiger partial charge in [-0.25, -0.2) is 4.79 Å². The third-order valence-electron chi connectivity index (χ3n) is 4.21.